The van der Waals surface area contributed by atoms with Gasteiger partial charge in [-0.25, -0.2) is 0 Å². The summed E-state index contributed by atoms with van der Waals surface area (Å²) in [6, 6.07) is 0.537. The molecular weight excluding hydrogens is 306 g/mol. The molecule has 0 spiro atoms. The molecule has 0 radical (unpaired) electrons. The second kappa shape index (κ2) is 8.81. The fraction of sp³-hybridized carbons (Fsp3) is 0.889. The van der Waals surface area contributed by atoms with Gasteiger partial charge in [0, 0.05) is 32.3 Å². The van der Waals surface area contributed by atoms with Crippen molar-refractivity contribution >= 4 is 11.8 Å². The molecule has 6 heteroatoms. The summed E-state index contributed by atoms with van der Waals surface area (Å²) in [5, 5.41) is 6.29. The molecule has 0 bridgehead atoms. The second-order valence-electron chi connectivity index (χ2n) is 7.39. The highest BCUT2D eigenvalue weighted by atomic mass is 16.5. The third-order valence-corrected chi connectivity index (χ3v) is 5.54. The molecule has 2 fully saturated rings. The van der Waals surface area contributed by atoms with Crippen molar-refractivity contribution in [3.05, 3.63) is 0 Å². The van der Waals surface area contributed by atoms with Crippen LogP contribution in [-0.4, -0.2) is 62.1 Å². The van der Waals surface area contributed by atoms with Gasteiger partial charge in [-0.2, -0.15) is 0 Å². The first-order valence-corrected chi connectivity index (χ1v) is 9.32. The maximum Gasteiger partial charge on any atom is 0.234 e. The van der Waals surface area contributed by atoms with Crippen molar-refractivity contribution in [3.8, 4) is 0 Å². The Kier molecular flexibility index (Phi) is 7.04. The Labute approximate surface area is 145 Å². The van der Waals surface area contributed by atoms with Crippen LogP contribution in [0, 0.1) is 5.41 Å². The number of piperidine rings is 1. The fourth-order valence-electron chi connectivity index (χ4n) is 3.59. The van der Waals surface area contributed by atoms with E-state index in [0.717, 1.165) is 51.6 Å². The van der Waals surface area contributed by atoms with Gasteiger partial charge in [0.05, 0.1) is 18.6 Å². The molecule has 2 amide bonds. The Morgan fingerprint density at radius 3 is 2.46 bits per heavy atom. The Morgan fingerprint density at radius 1 is 1.29 bits per heavy atom. The van der Waals surface area contributed by atoms with Gasteiger partial charge in [0.25, 0.3) is 0 Å². The predicted octanol–water partition coefficient (Wildman–Crippen LogP) is 1.30. The van der Waals surface area contributed by atoms with E-state index in [2.05, 4.69) is 17.6 Å². The van der Waals surface area contributed by atoms with Gasteiger partial charge in [-0.05, 0) is 39.0 Å². The van der Waals surface area contributed by atoms with Crippen LogP contribution in [0.15, 0.2) is 0 Å². The zero-order chi connectivity index (χ0) is 17.6. The number of carbonyl (C=O) groups is 2. The molecule has 1 heterocycles. The van der Waals surface area contributed by atoms with E-state index in [1.165, 1.54) is 0 Å². The third-order valence-electron chi connectivity index (χ3n) is 5.54. The van der Waals surface area contributed by atoms with Crippen LogP contribution >= 0.6 is 0 Å². The first-order valence-electron chi connectivity index (χ1n) is 9.32. The van der Waals surface area contributed by atoms with Gasteiger partial charge in [0.15, 0.2) is 0 Å². The number of hydrogen-bond donors (Lipinski definition) is 2. The van der Waals surface area contributed by atoms with Gasteiger partial charge in [0.2, 0.25) is 11.8 Å². The average Bonchev–Trinajstić information content (AvgIpc) is 2.56. The number of likely N-dealkylation sites (tertiary alicyclic amines) is 1. The van der Waals surface area contributed by atoms with Crippen LogP contribution in [0.3, 0.4) is 0 Å². The molecule has 2 aliphatic rings. The first-order chi connectivity index (χ1) is 11.5. The lowest BCUT2D eigenvalue weighted by Gasteiger charge is -2.44. The molecule has 1 saturated carbocycles. The summed E-state index contributed by atoms with van der Waals surface area (Å²) in [6.45, 7) is 6.52. The highest BCUT2D eigenvalue weighted by molar-refractivity contribution is 5.84. The number of rotatable bonds is 8. The average molecular weight is 339 g/mol. The number of nitrogens with one attached hydrogen (secondary N) is 2. The number of nitrogens with zero attached hydrogens (tertiary/aromatic N) is 1. The quantitative estimate of drug-likeness (QED) is 0.699. The van der Waals surface area contributed by atoms with Crippen LogP contribution < -0.4 is 10.6 Å². The summed E-state index contributed by atoms with van der Waals surface area (Å²) in [6.07, 6.45) is 5.78. The summed E-state index contributed by atoms with van der Waals surface area (Å²) >= 11 is 0. The van der Waals surface area contributed by atoms with E-state index in [9.17, 15) is 9.59 Å². The molecule has 0 aromatic carbocycles. The molecule has 0 aromatic rings. The summed E-state index contributed by atoms with van der Waals surface area (Å²) < 4.78 is 5.28. The topological polar surface area (TPSA) is 70.7 Å². The van der Waals surface area contributed by atoms with Gasteiger partial charge in [-0.1, -0.05) is 13.3 Å². The summed E-state index contributed by atoms with van der Waals surface area (Å²) in [5.41, 5.74) is -0.259. The smallest absolute Gasteiger partial charge is 0.234 e. The number of amides is 2. The second-order valence-corrected chi connectivity index (χ2v) is 7.39. The lowest BCUT2D eigenvalue weighted by molar-refractivity contribution is -0.153. The lowest BCUT2D eigenvalue weighted by Crippen LogP contribution is -2.54. The molecule has 6 nitrogen and oxygen atoms in total. The number of carbonyl (C=O) groups excluding carboxylic acids is 2. The fourth-order valence-corrected chi connectivity index (χ4v) is 3.59. The SMILES string of the molecule is CCC(C)NC(=O)CNC1CCN(C(=O)C2(COC)CCC2)CC1. The van der Waals surface area contributed by atoms with Crippen LogP contribution in [0.5, 0.6) is 0 Å². The molecule has 1 saturated heterocycles. The Morgan fingerprint density at radius 2 is 1.96 bits per heavy atom. The molecule has 2 N–H and O–H groups in total. The zero-order valence-electron chi connectivity index (χ0n) is 15.4. The number of ether oxygens (including phenoxy) is 1. The zero-order valence-corrected chi connectivity index (χ0v) is 15.4. The number of methoxy groups -OCH3 is 1. The van der Waals surface area contributed by atoms with E-state index in [1.54, 1.807) is 7.11 Å². The monoisotopic (exact) mass is 339 g/mol. The molecule has 1 atom stereocenters. The summed E-state index contributed by atoms with van der Waals surface area (Å²) in [5.74, 6) is 0.319. The van der Waals surface area contributed by atoms with E-state index in [4.69, 9.17) is 4.74 Å². The molecular formula is C18H33N3O3. The van der Waals surface area contributed by atoms with Crippen molar-refractivity contribution in [1.29, 1.82) is 0 Å². The Balaban J connectivity index is 1.71. The molecule has 0 aromatic heterocycles. The van der Waals surface area contributed by atoms with Crippen LogP contribution in [0.4, 0.5) is 0 Å². The van der Waals surface area contributed by atoms with Crippen molar-refractivity contribution in [2.45, 2.75) is 64.5 Å². The highest BCUT2D eigenvalue weighted by Crippen LogP contribution is 2.43. The van der Waals surface area contributed by atoms with E-state index in [1.807, 2.05) is 11.8 Å². The molecule has 138 valence electrons. The minimum atomic E-state index is -0.259. The lowest BCUT2D eigenvalue weighted by atomic mass is 9.68. The Hall–Kier alpha value is -1.14. The molecule has 1 aliphatic heterocycles. The minimum Gasteiger partial charge on any atom is -0.384 e. The third kappa shape index (κ3) is 4.70. The van der Waals surface area contributed by atoms with Gasteiger partial charge in [-0.15, -0.1) is 0 Å². The van der Waals surface area contributed by atoms with Crippen molar-refractivity contribution in [2.24, 2.45) is 5.41 Å². The molecule has 1 aliphatic carbocycles. The minimum absolute atomic E-state index is 0.0522. The molecule has 2 rings (SSSR count). The molecule has 1 unspecified atom stereocenters. The van der Waals surface area contributed by atoms with E-state index in [-0.39, 0.29) is 23.3 Å². The first kappa shape index (κ1) is 19.2. The largest absolute Gasteiger partial charge is 0.384 e. The van der Waals surface area contributed by atoms with Crippen LogP contribution in [0.25, 0.3) is 0 Å². The maximum absolute atomic E-state index is 12.8. The normalized spacial score (nSPS) is 21.9. The van der Waals surface area contributed by atoms with Crippen LogP contribution in [0.2, 0.25) is 0 Å². The Bertz CT molecular complexity index is 429. The highest BCUT2D eigenvalue weighted by Gasteiger charge is 2.46. The number of hydrogen-bond acceptors (Lipinski definition) is 4. The van der Waals surface area contributed by atoms with Crippen LogP contribution in [-0.2, 0) is 14.3 Å². The van der Waals surface area contributed by atoms with Crippen molar-refractivity contribution in [3.63, 3.8) is 0 Å². The van der Waals surface area contributed by atoms with Gasteiger partial charge < -0.3 is 20.3 Å². The van der Waals surface area contributed by atoms with Crippen LogP contribution in [0.1, 0.15) is 52.4 Å². The van der Waals surface area contributed by atoms with Crippen molar-refractivity contribution < 1.29 is 14.3 Å². The van der Waals surface area contributed by atoms with Gasteiger partial charge in [-0.3, -0.25) is 9.59 Å². The van der Waals surface area contributed by atoms with E-state index >= 15 is 0 Å². The summed E-state index contributed by atoms with van der Waals surface area (Å²) in [4.78, 5) is 26.6. The standard InChI is InChI=1S/C18H33N3O3/c1-4-14(2)20-16(22)12-19-15-6-10-21(11-7-15)17(23)18(13-24-3)8-5-9-18/h14-15,19H,4-13H2,1-3H3,(H,20,22). The van der Waals surface area contributed by atoms with Crippen molar-refractivity contribution in [2.75, 3.05) is 33.4 Å². The molecule has 24 heavy (non-hydrogen) atoms. The van der Waals surface area contributed by atoms with E-state index in [0.29, 0.717) is 19.2 Å². The van der Waals surface area contributed by atoms with Crippen molar-refractivity contribution in [1.82, 2.24) is 15.5 Å². The van der Waals surface area contributed by atoms with E-state index < -0.39 is 0 Å². The predicted molar refractivity (Wildman–Crippen MR) is 93.7 cm³/mol. The summed E-state index contributed by atoms with van der Waals surface area (Å²) in [7, 11) is 1.67. The van der Waals surface area contributed by atoms with Gasteiger partial charge >= 0.3 is 0 Å². The van der Waals surface area contributed by atoms with Gasteiger partial charge in [0.1, 0.15) is 0 Å². The maximum atomic E-state index is 12.8.